The van der Waals surface area contributed by atoms with Crippen LogP contribution < -0.4 is 0 Å². The number of carbonyl (C=O) groups is 2. The Bertz CT molecular complexity index is 855. The van der Waals surface area contributed by atoms with Crippen molar-refractivity contribution in [2.45, 2.75) is 106 Å². The lowest BCUT2D eigenvalue weighted by Crippen LogP contribution is -2.20. The fourth-order valence-electron chi connectivity index (χ4n) is 4.88. The molecule has 1 aliphatic rings. The summed E-state index contributed by atoms with van der Waals surface area (Å²) in [6.45, 7) is 13.4. The van der Waals surface area contributed by atoms with E-state index in [1.165, 1.54) is 56.9 Å². The molecule has 33 heavy (non-hydrogen) atoms. The molecule has 0 heterocycles. The number of carbonyl (C=O) groups excluding carboxylic acids is 2. The van der Waals surface area contributed by atoms with E-state index < -0.39 is 0 Å². The SMILES string of the molecule is CC1=C(C/C=C(/C)CCC[C@H](C)CCC[C@@H](C)CCCC(C)C)C(=O)c2ccccc2C1=O. The highest BCUT2D eigenvalue weighted by molar-refractivity contribution is 6.26. The van der Waals surface area contributed by atoms with E-state index in [-0.39, 0.29) is 11.6 Å². The van der Waals surface area contributed by atoms with Gasteiger partial charge in [-0.3, -0.25) is 9.59 Å². The van der Waals surface area contributed by atoms with E-state index >= 15 is 0 Å². The van der Waals surface area contributed by atoms with Crippen molar-refractivity contribution in [3.05, 3.63) is 58.2 Å². The molecule has 2 atom stereocenters. The van der Waals surface area contributed by atoms with Crippen molar-refractivity contribution < 1.29 is 9.59 Å². The molecule has 1 aliphatic carbocycles. The average molecular weight is 451 g/mol. The predicted octanol–water partition coefficient (Wildman–Crippen LogP) is 9.16. The maximum absolute atomic E-state index is 12.9. The lowest BCUT2D eigenvalue weighted by molar-refractivity contribution is 0.0973. The van der Waals surface area contributed by atoms with Crippen molar-refractivity contribution in [3.63, 3.8) is 0 Å². The molecule has 0 aliphatic heterocycles. The number of hydrogen-bond donors (Lipinski definition) is 0. The molecular weight excluding hydrogens is 404 g/mol. The number of ketones is 2. The summed E-state index contributed by atoms with van der Waals surface area (Å²) in [4.78, 5) is 25.5. The van der Waals surface area contributed by atoms with Gasteiger partial charge in [0.05, 0.1) is 0 Å². The van der Waals surface area contributed by atoms with Crippen LogP contribution >= 0.6 is 0 Å². The molecule has 0 spiro atoms. The molecule has 0 bridgehead atoms. The standard InChI is InChI=1S/C31H46O2/c1-22(2)12-9-13-23(3)14-10-15-24(4)16-11-17-25(5)20-21-27-26(6)30(32)28-18-7-8-19-29(28)31(27)33/h7-8,18-20,22-24H,9-17,21H2,1-6H3/b25-20-/t23-,24+/m0/s1. The van der Waals surface area contributed by atoms with Gasteiger partial charge in [0.1, 0.15) is 0 Å². The molecule has 2 nitrogen and oxygen atoms in total. The number of rotatable bonds is 14. The Morgan fingerprint density at radius 1 is 0.788 bits per heavy atom. The van der Waals surface area contributed by atoms with E-state index in [1.54, 1.807) is 19.1 Å². The van der Waals surface area contributed by atoms with Gasteiger partial charge in [-0.05, 0) is 50.9 Å². The van der Waals surface area contributed by atoms with Crippen molar-refractivity contribution in [1.29, 1.82) is 0 Å². The van der Waals surface area contributed by atoms with Crippen LogP contribution in [-0.4, -0.2) is 11.6 Å². The van der Waals surface area contributed by atoms with Crippen molar-refractivity contribution in [2.24, 2.45) is 17.8 Å². The summed E-state index contributed by atoms with van der Waals surface area (Å²) in [5.41, 5.74) is 3.68. The highest BCUT2D eigenvalue weighted by Gasteiger charge is 2.28. The normalized spacial score (nSPS) is 16.4. The topological polar surface area (TPSA) is 34.1 Å². The second kappa shape index (κ2) is 13.7. The zero-order chi connectivity index (χ0) is 24.4. The van der Waals surface area contributed by atoms with Crippen molar-refractivity contribution >= 4 is 11.6 Å². The van der Waals surface area contributed by atoms with Crippen LogP contribution in [0.15, 0.2) is 47.1 Å². The Kier molecular flexibility index (Phi) is 11.3. The first-order chi connectivity index (χ1) is 15.7. The minimum Gasteiger partial charge on any atom is -0.289 e. The Balaban J connectivity index is 1.71. The molecule has 0 unspecified atom stereocenters. The first-order valence-corrected chi connectivity index (χ1v) is 13.2. The van der Waals surface area contributed by atoms with Crippen LogP contribution in [0.2, 0.25) is 0 Å². The molecule has 0 fully saturated rings. The smallest absolute Gasteiger partial charge is 0.190 e. The monoisotopic (exact) mass is 450 g/mol. The van der Waals surface area contributed by atoms with Gasteiger partial charge >= 0.3 is 0 Å². The van der Waals surface area contributed by atoms with Crippen molar-refractivity contribution in [2.75, 3.05) is 0 Å². The first kappa shape index (κ1) is 27.3. The molecule has 0 N–H and O–H groups in total. The highest BCUT2D eigenvalue weighted by atomic mass is 16.1. The molecule has 1 aromatic rings. The van der Waals surface area contributed by atoms with E-state index in [9.17, 15) is 9.59 Å². The Morgan fingerprint density at radius 2 is 1.30 bits per heavy atom. The average Bonchev–Trinajstić information content (AvgIpc) is 2.77. The fraction of sp³-hybridized carbons (Fsp3) is 0.613. The quantitative estimate of drug-likeness (QED) is 0.265. The molecule has 0 saturated carbocycles. The van der Waals surface area contributed by atoms with Crippen LogP contribution in [0, 0.1) is 17.8 Å². The second-order valence-electron chi connectivity index (χ2n) is 10.9. The summed E-state index contributed by atoms with van der Waals surface area (Å²) in [6.07, 6.45) is 14.4. The van der Waals surface area contributed by atoms with Gasteiger partial charge in [0.25, 0.3) is 0 Å². The largest absolute Gasteiger partial charge is 0.289 e. The van der Waals surface area contributed by atoms with E-state index in [4.69, 9.17) is 0 Å². The predicted molar refractivity (Wildman–Crippen MR) is 141 cm³/mol. The maximum Gasteiger partial charge on any atom is 0.190 e. The van der Waals surface area contributed by atoms with E-state index in [0.29, 0.717) is 28.7 Å². The maximum atomic E-state index is 12.9. The van der Waals surface area contributed by atoms with Gasteiger partial charge in [0.15, 0.2) is 11.6 Å². The van der Waals surface area contributed by atoms with Crippen LogP contribution in [-0.2, 0) is 0 Å². The summed E-state index contributed by atoms with van der Waals surface area (Å²) in [6, 6.07) is 7.18. The van der Waals surface area contributed by atoms with Gasteiger partial charge in [0, 0.05) is 22.3 Å². The number of hydrogen-bond acceptors (Lipinski definition) is 2. The third-order valence-electron chi connectivity index (χ3n) is 7.28. The summed E-state index contributed by atoms with van der Waals surface area (Å²) >= 11 is 0. The fourth-order valence-corrected chi connectivity index (χ4v) is 4.88. The Hall–Kier alpha value is -1.96. The van der Waals surface area contributed by atoms with Gasteiger partial charge in [-0.1, -0.05) is 109 Å². The Labute approximate surface area is 202 Å². The van der Waals surface area contributed by atoms with Crippen molar-refractivity contribution in [3.8, 4) is 0 Å². The van der Waals surface area contributed by atoms with Crippen LogP contribution in [0.3, 0.4) is 0 Å². The van der Waals surface area contributed by atoms with Gasteiger partial charge in [-0.2, -0.15) is 0 Å². The van der Waals surface area contributed by atoms with Gasteiger partial charge in [0.2, 0.25) is 0 Å². The number of fused-ring (bicyclic) bond motifs is 1. The van der Waals surface area contributed by atoms with Crippen LogP contribution in [0.1, 0.15) is 126 Å². The highest BCUT2D eigenvalue weighted by Crippen LogP contribution is 2.29. The summed E-state index contributed by atoms with van der Waals surface area (Å²) < 4.78 is 0. The zero-order valence-corrected chi connectivity index (χ0v) is 22.0. The van der Waals surface area contributed by atoms with Crippen LogP contribution in [0.25, 0.3) is 0 Å². The molecule has 1 aromatic carbocycles. The first-order valence-electron chi connectivity index (χ1n) is 13.2. The molecule has 0 amide bonds. The third-order valence-corrected chi connectivity index (χ3v) is 7.28. The molecule has 182 valence electrons. The Morgan fingerprint density at radius 3 is 1.88 bits per heavy atom. The lowest BCUT2D eigenvalue weighted by atomic mass is 9.83. The van der Waals surface area contributed by atoms with Crippen molar-refractivity contribution in [1.82, 2.24) is 0 Å². The van der Waals surface area contributed by atoms with E-state index in [0.717, 1.165) is 24.2 Å². The summed E-state index contributed by atoms with van der Waals surface area (Å²) in [5, 5.41) is 0. The minimum atomic E-state index is -0.00526. The minimum absolute atomic E-state index is 0.00526. The molecule has 0 aromatic heterocycles. The third kappa shape index (κ3) is 8.72. The second-order valence-corrected chi connectivity index (χ2v) is 10.9. The van der Waals surface area contributed by atoms with E-state index in [1.807, 2.05) is 12.1 Å². The number of benzene rings is 1. The lowest BCUT2D eigenvalue weighted by Gasteiger charge is -2.18. The molecule has 0 radical (unpaired) electrons. The number of allylic oxidation sites excluding steroid dienone is 4. The van der Waals surface area contributed by atoms with Gasteiger partial charge in [-0.15, -0.1) is 0 Å². The van der Waals surface area contributed by atoms with Gasteiger partial charge < -0.3 is 0 Å². The zero-order valence-electron chi connectivity index (χ0n) is 22.0. The summed E-state index contributed by atoms with van der Waals surface area (Å²) in [7, 11) is 0. The summed E-state index contributed by atoms with van der Waals surface area (Å²) in [5.74, 6) is 2.48. The molecule has 0 saturated heterocycles. The number of Topliss-reactive ketones (excluding diaryl/α,β-unsaturated/α-hetero) is 2. The van der Waals surface area contributed by atoms with E-state index in [2.05, 4.69) is 40.7 Å². The molecular formula is C31H46O2. The molecule has 2 heteroatoms. The van der Waals surface area contributed by atoms with Crippen LogP contribution in [0.4, 0.5) is 0 Å². The van der Waals surface area contributed by atoms with Crippen LogP contribution in [0.5, 0.6) is 0 Å². The molecule has 2 rings (SSSR count). The van der Waals surface area contributed by atoms with Gasteiger partial charge in [-0.25, -0.2) is 0 Å².